The fraction of sp³-hybridized carbons (Fsp3) is 0.261. The molecule has 1 saturated heterocycles. The second-order valence-corrected chi connectivity index (χ2v) is 7.89. The first-order valence-corrected chi connectivity index (χ1v) is 10.2. The summed E-state index contributed by atoms with van der Waals surface area (Å²) in [6, 6.07) is 13.2. The number of nitrogens with zero attached hydrogens (tertiary/aromatic N) is 2. The van der Waals surface area contributed by atoms with Crippen LogP contribution in [0, 0.1) is 0 Å². The summed E-state index contributed by atoms with van der Waals surface area (Å²) in [7, 11) is 3.13. The lowest BCUT2D eigenvalue weighted by Crippen LogP contribution is -2.51. The Morgan fingerprint density at radius 1 is 1.10 bits per heavy atom. The number of aliphatic hydroxyl groups is 1. The van der Waals surface area contributed by atoms with Gasteiger partial charge in [-0.05, 0) is 36.8 Å². The van der Waals surface area contributed by atoms with E-state index in [1.165, 1.54) is 16.9 Å². The molecule has 0 aliphatic carbocycles. The van der Waals surface area contributed by atoms with Crippen LogP contribution in [-0.4, -0.2) is 54.9 Å². The average Bonchev–Trinajstić information content (AvgIpc) is 3.13. The molecule has 31 heavy (non-hydrogen) atoms. The Hall–Kier alpha value is -3.16. The van der Waals surface area contributed by atoms with E-state index in [0.29, 0.717) is 34.9 Å². The zero-order chi connectivity index (χ0) is 22.3. The van der Waals surface area contributed by atoms with Crippen LogP contribution in [0.5, 0.6) is 0 Å². The molecule has 160 valence electrons. The van der Waals surface area contributed by atoms with Crippen molar-refractivity contribution in [2.75, 3.05) is 32.2 Å². The van der Waals surface area contributed by atoms with Gasteiger partial charge in [0.05, 0.1) is 5.57 Å². The van der Waals surface area contributed by atoms with Gasteiger partial charge < -0.3 is 19.6 Å². The standard InChI is InChI=1S/C23H21ClN2O5/c1-25-17-7-4-3-6-16(17)23(22(25)30)18(19(27)14-8-10-15(24)11-9-14)20(28)21(29)26(23)12-5-13-31-2/h3-4,6-11,27H,5,12-13H2,1-2H3. The molecule has 0 saturated carbocycles. The number of rotatable bonds is 5. The number of methoxy groups -OCH3 is 1. The fourth-order valence-electron chi connectivity index (χ4n) is 4.39. The summed E-state index contributed by atoms with van der Waals surface area (Å²) in [6.45, 7) is 0.464. The number of carbonyl (C=O) groups excluding carboxylic acids is 3. The van der Waals surface area contributed by atoms with E-state index in [1.54, 1.807) is 55.6 Å². The maximum absolute atomic E-state index is 13.7. The Morgan fingerprint density at radius 3 is 2.45 bits per heavy atom. The Kier molecular flexibility index (Phi) is 5.33. The van der Waals surface area contributed by atoms with E-state index in [1.807, 2.05) is 0 Å². The van der Waals surface area contributed by atoms with Crippen molar-refractivity contribution in [1.82, 2.24) is 4.90 Å². The molecule has 1 spiro atoms. The van der Waals surface area contributed by atoms with Gasteiger partial charge in [-0.1, -0.05) is 29.8 Å². The van der Waals surface area contributed by atoms with Gasteiger partial charge in [0.25, 0.3) is 17.6 Å². The van der Waals surface area contributed by atoms with Crippen LogP contribution in [0.15, 0.2) is 54.1 Å². The van der Waals surface area contributed by atoms with Crippen LogP contribution >= 0.6 is 11.6 Å². The number of anilines is 1. The molecule has 7 nitrogen and oxygen atoms in total. The van der Waals surface area contributed by atoms with Gasteiger partial charge in [0.1, 0.15) is 5.76 Å². The molecule has 2 aliphatic heterocycles. The quantitative estimate of drug-likeness (QED) is 0.334. The molecule has 1 N–H and O–H groups in total. The number of carbonyl (C=O) groups is 3. The van der Waals surface area contributed by atoms with Gasteiger partial charge in [-0.25, -0.2) is 0 Å². The second kappa shape index (κ2) is 7.83. The molecule has 2 aliphatic rings. The summed E-state index contributed by atoms with van der Waals surface area (Å²) in [5.41, 5.74) is -0.628. The molecule has 1 atom stereocenters. The number of likely N-dealkylation sites (N-methyl/N-ethyl adjacent to an activating group) is 1. The number of hydrogen-bond donors (Lipinski definition) is 1. The number of para-hydroxylation sites is 1. The molecular formula is C23H21ClN2O5. The number of likely N-dealkylation sites (tertiary alicyclic amines) is 1. The molecule has 1 fully saturated rings. The van der Waals surface area contributed by atoms with Gasteiger partial charge in [-0.15, -0.1) is 0 Å². The van der Waals surface area contributed by atoms with Crippen molar-refractivity contribution >= 4 is 40.6 Å². The van der Waals surface area contributed by atoms with Crippen LogP contribution in [0.25, 0.3) is 5.76 Å². The number of aliphatic hydroxyl groups excluding tert-OH is 1. The first-order chi connectivity index (χ1) is 14.9. The number of fused-ring (bicyclic) bond motifs is 2. The number of hydrogen-bond acceptors (Lipinski definition) is 5. The van der Waals surface area contributed by atoms with Crippen molar-refractivity contribution in [2.45, 2.75) is 12.0 Å². The molecule has 0 radical (unpaired) electrons. The highest BCUT2D eigenvalue weighted by Gasteiger charge is 2.66. The molecular weight excluding hydrogens is 420 g/mol. The van der Waals surface area contributed by atoms with Gasteiger partial charge in [0.15, 0.2) is 5.54 Å². The number of ether oxygens (including phenoxy) is 1. The summed E-state index contributed by atoms with van der Waals surface area (Å²) in [5, 5.41) is 11.6. The Bertz CT molecular complexity index is 1110. The molecule has 2 aromatic rings. The Labute approximate surface area is 184 Å². The minimum Gasteiger partial charge on any atom is -0.507 e. The molecule has 2 heterocycles. The van der Waals surface area contributed by atoms with Crippen molar-refractivity contribution in [3.63, 3.8) is 0 Å². The van der Waals surface area contributed by atoms with Crippen molar-refractivity contribution in [2.24, 2.45) is 0 Å². The third-order valence-electron chi connectivity index (χ3n) is 5.79. The minimum atomic E-state index is -1.74. The number of amides is 2. The predicted molar refractivity (Wildman–Crippen MR) is 116 cm³/mol. The number of benzene rings is 2. The highest BCUT2D eigenvalue weighted by atomic mass is 35.5. The number of ketones is 1. The lowest BCUT2D eigenvalue weighted by atomic mass is 9.82. The first kappa shape index (κ1) is 21.1. The summed E-state index contributed by atoms with van der Waals surface area (Å²) >= 11 is 5.95. The van der Waals surface area contributed by atoms with E-state index in [4.69, 9.17) is 16.3 Å². The third-order valence-corrected chi connectivity index (χ3v) is 6.04. The maximum atomic E-state index is 13.7. The van der Waals surface area contributed by atoms with E-state index < -0.39 is 28.9 Å². The van der Waals surface area contributed by atoms with Crippen LogP contribution in [0.2, 0.25) is 5.02 Å². The van der Waals surface area contributed by atoms with Crippen molar-refractivity contribution < 1.29 is 24.2 Å². The molecule has 8 heteroatoms. The predicted octanol–water partition coefficient (Wildman–Crippen LogP) is 2.93. The van der Waals surface area contributed by atoms with Crippen LogP contribution in [-0.2, 0) is 24.7 Å². The summed E-state index contributed by atoms with van der Waals surface area (Å²) < 4.78 is 5.09. The lowest BCUT2D eigenvalue weighted by Gasteiger charge is -2.34. The first-order valence-electron chi connectivity index (χ1n) is 9.78. The lowest BCUT2D eigenvalue weighted by molar-refractivity contribution is -0.143. The van der Waals surface area contributed by atoms with Crippen molar-refractivity contribution in [3.05, 3.63) is 70.3 Å². The summed E-state index contributed by atoms with van der Waals surface area (Å²) in [4.78, 5) is 42.7. The van der Waals surface area contributed by atoms with Crippen molar-refractivity contribution in [3.8, 4) is 0 Å². The molecule has 0 aromatic heterocycles. The molecule has 0 bridgehead atoms. The third kappa shape index (κ3) is 2.96. The SMILES string of the molecule is COCCCN1C(=O)C(=O)C(=C(O)c2ccc(Cl)cc2)C12C(=O)N(C)c1ccccc12. The smallest absolute Gasteiger partial charge is 0.296 e. The van der Waals surface area contributed by atoms with Crippen molar-refractivity contribution in [1.29, 1.82) is 0 Å². The maximum Gasteiger partial charge on any atom is 0.296 e. The Morgan fingerprint density at radius 2 is 1.77 bits per heavy atom. The molecule has 2 amide bonds. The van der Waals surface area contributed by atoms with Crippen LogP contribution in [0.4, 0.5) is 5.69 Å². The van der Waals surface area contributed by atoms with E-state index >= 15 is 0 Å². The number of Topliss-reactive ketones (excluding diaryl/α,β-unsaturated/α-hetero) is 1. The number of halogens is 1. The van der Waals surface area contributed by atoms with E-state index in [0.717, 1.165) is 0 Å². The zero-order valence-corrected chi connectivity index (χ0v) is 17.8. The largest absolute Gasteiger partial charge is 0.507 e. The highest BCUT2D eigenvalue weighted by molar-refractivity contribution is 6.50. The van der Waals surface area contributed by atoms with Gasteiger partial charge in [-0.2, -0.15) is 0 Å². The minimum absolute atomic E-state index is 0.115. The van der Waals surface area contributed by atoms with E-state index in [-0.39, 0.29) is 12.1 Å². The second-order valence-electron chi connectivity index (χ2n) is 7.45. The van der Waals surface area contributed by atoms with Gasteiger partial charge >= 0.3 is 0 Å². The summed E-state index contributed by atoms with van der Waals surface area (Å²) in [6.07, 6.45) is 0.422. The van der Waals surface area contributed by atoms with Gasteiger partial charge in [0.2, 0.25) is 0 Å². The van der Waals surface area contributed by atoms with E-state index in [2.05, 4.69) is 0 Å². The fourth-order valence-corrected chi connectivity index (χ4v) is 4.52. The molecule has 4 rings (SSSR count). The molecule has 1 unspecified atom stereocenters. The Balaban J connectivity index is 2.01. The average molecular weight is 441 g/mol. The monoisotopic (exact) mass is 440 g/mol. The normalized spacial score (nSPS) is 22.0. The highest BCUT2D eigenvalue weighted by Crippen LogP contribution is 2.53. The topological polar surface area (TPSA) is 87.1 Å². The van der Waals surface area contributed by atoms with Gasteiger partial charge in [-0.3, -0.25) is 14.4 Å². The van der Waals surface area contributed by atoms with Crippen LogP contribution in [0.1, 0.15) is 17.5 Å². The van der Waals surface area contributed by atoms with Crippen LogP contribution < -0.4 is 4.90 Å². The molecule has 2 aromatic carbocycles. The zero-order valence-electron chi connectivity index (χ0n) is 17.1. The summed E-state index contributed by atoms with van der Waals surface area (Å²) in [5.74, 6) is -2.61. The van der Waals surface area contributed by atoms with E-state index in [9.17, 15) is 19.5 Å². The van der Waals surface area contributed by atoms with Gasteiger partial charge in [0, 0.05) is 49.1 Å². The van der Waals surface area contributed by atoms with Crippen LogP contribution in [0.3, 0.4) is 0 Å².